The predicted octanol–water partition coefficient (Wildman–Crippen LogP) is 5.02. The van der Waals surface area contributed by atoms with Gasteiger partial charge in [0.05, 0.1) is 4.92 Å². The van der Waals surface area contributed by atoms with E-state index in [-0.39, 0.29) is 11.3 Å². The summed E-state index contributed by atoms with van der Waals surface area (Å²) in [7, 11) is 0. The minimum Gasteiger partial charge on any atom is -0.457 e. The molecule has 1 aromatic heterocycles. The molecule has 0 aliphatic carbocycles. The van der Waals surface area contributed by atoms with Gasteiger partial charge >= 0.3 is 0 Å². The minimum absolute atomic E-state index is 0.0182. The normalized spacial score (nSPS) is 11.0. The molecule has 0 fully saturated rings. The van der Waals surface area contributed by atoms with Crippen molar-refractivity contribution in [3.05, 3.63) is 87.2 Å². The predicted molar refractivity (Wildman–Crippen MR) is 109 cm³/mol. The number of para-hydroxylation sites is 1. The second-order valence-corrected chi connectivity index (χ2v) is 6.40. The van der Waals surface area contributed by atoms with E-state index in [9.17, 15) is 20.2 Å². The van der Waals surface area contributed by atoms with E-state index in [1.165, 1.54) is 18.2 Å². The maximum atomic E-state index is 12.5. The molecule has 0 spiro atoms. The first-order chi connectivity index (χ1) is 13.9. The van der Waals surface area contributed by atoms with Gasteiger partial charge in [0.1, 0.15) is 23.2 Å². The van der Waals surface area contributed by atoms with Crippen LogP contribution in [0.2, 0.25) is 0 Å². The molecule has 0 unspecified atom stereocenters. The molecule has 7 heteroatoms. The maximum absolute atomic E-state index is 12.5. The molecule has 3 rings (SSSR count). The van der Waals surface area contributed by atoms with Gasteiger partial charge in [-0.3, -0.25) is 14.9 Å². The molecule has 2 aromatic carbocycles. The van der Waals surface area contributed by atoms with Crippen molar-refractivity contribution >= 4 is 23.4 Å². The fraction of sp³-hybridized carbons (Fsp3) is 0.0909. The molecular weight excluding hydrogens is 370 g/mol. The number of non-ortho nitro benzene ring substituents is 1. The summed E-state index contributed by atoms with van der Waals surface area (Å²) in [6, 6.07) is 16.7. The molecule has 1 N–H and O–H groups in total. The molecule has 29 heavy (non-hydrogen) atoms. The number of nitrogens with zero attached hydrogens (tertiary/aromatic N) is 2. The molecule has 0 bridgehead atoms. The first kappa shape index (κ1) is 19.6. The van der Waals surface area contributed by atoms with E-state index >= 15 is 0 Å². The van der Waals surface area contributed by atoms with Gasteiger partial charge in [0.25, 0.3) is 11.6 Å². The van der Waals surface area contributed by atoms with Crippen molar-refractivity contribution in [2.24, 2.45) is 0 Å². The van der Waals surface area contributed by atoms with Crippen LogP contribution in [0.1, 0.15) is 16.9 Å². The molecule has 144 valence electrons. The van der Waals surface area contributed by atoms with Crippen LogP contribution in [0.4, 0.5) is 11.4 Å². The molecular formula is C22H17N3O4. The third-order valence-corrected chi connectivity index (χ3v) is 4.36. The fourth-order valence-electron chi connectivity index (χ4n) is 2.82. The van der Waals surface area contributed by atoms with Crippen molar-refractivity contribution in [1.29, 1.82) is 5.26 Å². The number of nitro groups is 1. The molecule has 0 saturated carbocycles. The summed E-state index contributed by atoms with van der Waals surface area (Å²) in [4.78, 5) is 22.8. The topological polar surface area (TPSA) is 109 Å². The van der Waals surface area contributed by atoms with Gasteiger partial charge in [0, 0.05) is 29.5 Å². The summed E-state index contributed by atoms with van der Waals surface area (Å²) in [6.45, 7) is 3.75. The standard InChI is InChI=1S/C22H17N3O4/c1-14-4-3-5-15(2)21(14)24-22(26)17(13-23)12-19-10-11-20(29-19)16-6-8-18(9-7-16)25(27)28/h3-12H,1-2H3,(H,24,26)/b17-12+. The van der Waals surface area contributed by atoms with E-state index < -0.39 is 10.8 Å². The zero-order valence-corrected chi connectivity index (χ0v) is 15.8. The highest BCUT2D eigenvalue weighted by atomic mass is 16.6. The van der Waals surface area contributed by atoms with Crippen molar-refractivity contribution in [2.45, 2.75) is 13.8 Å². The third-order valence-electron chi connectivity index (χ3n) is 4.36. The number of nitriles is 1. The Morgan fingerprint density at radius 3 is 2.34 bits per heavy atom. The molecule has 0 saturated heterocycles. The van der Waals surface area contributed by atoms with E-state index in [0.717, 1.165) is 11.1 Å². The van der Waals surface area contributed by atoms with Crippen molar-refractivity contribution in [1.82, 2.24) is 0 Å². The van der Waals surface area contributed by atoms with Crippen LogP contribution in [-0.4, -0.2) is 10.8 Å². The van der Waals surface area contributed by atoms with Crippen LogP contribution in [0.5, 0.6) is 0 Å². The van der Waals surface area contributed by atoms with Gasteiger partial charge in [-0.05, 0) is 49.2 Å². The Bertz CT molecular complexity index is 1130. The van der Waals surface area contributed by atoms with Crippen LogP contribution in [0, 0.1) is 35.3 Å². The van der Waals surface area contributed by atoms with E-state index in [2.05, 4.69) is 5.32 Å². The monoisotopic (exact) mass is 387 g/mol. The summed E-state index contributed by atoms with van der Waals surface area (Å²) in [5.74, 6) is 0.267. The summed E-state index contributed by atoms with van der Waals surface area (Å²) in [5.41, 5.74) is 2.99. The maximum Gasteiger partial charge on any atom is 0.269 e. The third kappa shape index (κ3) is 4.39. The quantitative estimate of drug-likeness (QED) is 0.286. The molecule has 0 aliphatic heterocycles. The lowest BCUT2D eigenvalue weighted by Crippen LogP contribution is -2.15. The van der Waals surface area contributed by atoms with Gasteiger partial charge in [-0.15, -0.1) is 0 Å². The van der Waals surface area contributed by atoms with Crippen LogP contribution >= 0.6 is 0 Å². The first-order valence-electron chi connectivity index (χ1n) is 8.73. The largest absolute Gasteiger partial charge is 0.457 e. The highest BCUT2D eigenvalue weighted by molar-refractivity contribution is 6.10. The zero-order chi connectivity index (χ0) is 21.0. The lowest BCUT2D eigenvalue weighted by atomic mass is 10.1. The number of carbonyl (C=O) groups is 1. The minimum atomic E-state index is -0.529. The summed E-state index contributed by atoms with van der Waals surface area (Å²) in [6.07, 6.45) is 1.36. The van der Waals surface area contributed by atoms with E-state index in [0.29, 0.717) is 22.8 Å². The van der Waals surface area contributed by atoms with Crippen LogP contribution in [-0.2, 0) is 4.79 Å². The van der Waals surface area contributed by atoms with Gasteiger partial charge in [-0.2, -0.15) is 5.26 Å². The van der Waals surface area contributed by atoms with Crippen LogP contribution in [0.25, 0.3) is 17.4 Å². The lowest BCUT2D eigenvalue weighted by molar-refractivity contribution is -0.384. The number of anilines is 1. The highest BCUT2D eigenvalue weighted by Gasteiger charge is 2.14. The summed E-state index contributed by atoms with van der Waals surface area (Å²) in [5, 5.41) is 22.9. The van der Waals surface area contributed by atoms with E-state index in [1.807, 2.05) is 38.1 Å². The average molecular weight is 387 g/mol. The smallest absolute Gasteiger partial charge is 0.269 e. The van der Waals surface area contributed by atoms with Gasteiger partial charge in [0.15, 0.2) is 0 Å². The second-order valence-electron chi connectivity index (χ2n) is 6.40. The number of hydrogen-bond acceptors (Lipinski definition) is 5. The Morgan fingerprint density at radius 1 is 1.10 bits per heavy atom. The Kier molecular flexibility index (Phi) is 5.56. The summed E-state index contributed by atoms with van der Waals surface area (Å²) < 4.78 is 5.67. The van der Waals surface area contributed by atoms with Gasteiger partial charge in [-0.1, -0.05) is 18.2 Å². The van der Waals surface area contributed by atoms with Gasteiger partial charge in [-0.25, -0.2) is 0 Å². The Morgan fingerprint density at radius 2 is 1.76 bits per heavy atom. The lowest BCUT2D eigenvalue weighted by Gasteiger charge is -2.10. The van der Waals surface area contributed by atoms with Crippen molar-refractivity contribution in [2.75, 3.05) is 5.32 Å². The second kappa shape index (κ2) is 8.23. The van der Waals surface area contributed by atoms with E-state index in [1.54, 1.807) is 24.3 Å². The number of nitro benzene ring substituents is 1. The first-order valence-corrected chi connectivity index (χ1v) is 8.73. The van der Waals surface area contributed by atoms with Gasteiger partial charge in [0.2, 0.25) is 0 Å². The number of carbonyl (C=O) groups excluding carboxylic acids is 1. The number of nitrogens with one attached hydrogen (secondary N) is 1. The Balaban J connectivity index is 1.82. The molecule has 0 radical (unpaired) electrons. The number of benzene rings is 2. The number of hydrogen-bond donors (Lipinski definition) is 1. The fourth-order valence-corrected chi connectivity index (χ4v) is 2.82. The molecule has 3 aromatic rings. The summed E-state index contributed by atoms with van der Waals surface area (Å²) >= 11 is 0. The number of amides is 1. The Hall–Kier alpha value is -4.18. The molecule has 0 aliphatic rings. The molecule has 0 atom stereocenters. The van der Waals surface area contributed by atoms with Crippen LogP contribution in [0.15, 0.2) is 64.6 Å². The molecule has 1 amide bonds. The van der Waals surface area contributed by atoms with Crippen molar-refractivity contribution < 1.29 is 14.1 Å². The van der Waals surface area contributed by atoms with Crippen LogP contribution in [0.3, 0.4) is 0 Å². The highest BCUT2D eigenvalue weighted by Crippen LogP contribution is 2.26. The van der Waals surface area contributed by atoms with Gasteiger partial charge < -0.3 is 9.73 Å². The molecule has 7 nitrogen and oxygen atoms in total. The zero-order valence-electron chi connectivity index (χ0n) is 15.8. The number of aryl methyl sites for hydroxylation is 2. The molecule has 1 heterocycles. The van der Waals surface area contributed by atoms with Crippen molar-refractivity contribution in [3.8, 4) is 17.4 Å². The van der Waals surface area contributed by atoms with Crippen LogP contribution < -0.4 is 5.32 Å². The SMILES string of the molecule is Cc1cccc(C)c1NC(=O)/C(C#N)=C/c1ccc(-c2ccc([N+](=O)[O-])cc2)o1. The number of furan rings is 1. The average Bonchev–Trinajstić information content (AvgIpc) is 3.17. The van der Waals surface area contributed by atoms with E-state index in [4.69, 9.17) is 4.42 Å². The van der Waals surface area contributed by atoms with Crippen molar-refractivity contribution in [3.63, 3.8) is 0 Å². The Labute approximate surface area is 167 Å². The number of rotatable bonds is 5.